The van der Waals surface area contributed by atoms with Gasteiger partial charge in [0, 0.05) is 13.1 Å². The number of carbonyl (C=O) groups is 1. The van der Waals surface area contributed by atoms with Crippen molar-refractivity contribution in [2.75, 3.05) is 26.7 Å². The number of ether oxygens (including phenoxy) is 1. The fourth-order valence-electron chi connectivity index (χ4n) is 2.83. The van der Waals surface area contributed by atoms with Crippen LogP contribution in [0.25, 0.3) is 0 Å². The maximum atomic E-state index is 12.0. The van der Waals surface area contributed by atoms with Crippen LogP contribution in [0.5, 0.6) is 5.75 Å². The second-order valence-electron chi connectivity index (χ2n) is 6.00. The molecule has 0 bridgehead atoms. The van der Waals surface area contributed by atoms with Crippen LogP contribution in [0.4, 0.5) is 0 Å². The van der Waals surface area contributed by atoms with E-state index in [0.717, 1.165) is 37.2 Å². The van der Waals surface area contributed by atoms with Gasteiger partial charge in [0.25, 0.3) is 0 Å². The molecular weight excluding hydrogens is 280 g/mol. The maximum Gasteiger partial charge on any atom is 0.234 e. The van der Waals surface area contributed by atoms with Crippen LogP contribution in [0.15, 0.2) is 24.3 Å². The predicted molar refractivity (Wildman–Crippen MR) is 85.7 cm³/mol. The standard InChI is InChI=1S/C17H26N2O3/c1-13(20)15-4-3-9-19(11-15)12-17(21)18-10-14-5-7-16(22-2)8-6-14/h5-8,13,15,20H,3-4,9-12H2,1-2H3,(H,18,21). The van der Waals surface area contributed by atoms with E-state index in [0.29, 0.717) is 13.1 Å². The van der Waals surface area contributed by atoms with Crippen molar-refractivity contribution in [3.8, 4) is 5.75 Å². The molecule has 0 aliphatic carbocycles. The van der Waals surface area contributed by atoms with Gasteiger partial charge < -0.3 is 15.2 Å². The quantitative estimate of drug-likeness (QED) is 0.834. The van der Waals surface area contributed by atoms with Gasteiger partial charge in [-0.3, -0.25) is 9.69 Å². The lowest BCUT2D eigenvalue weighted by atomic mass is 9.93. The highest BCUT2D eigenvalue weighted by Gasteiger charge is 2.24. The largest absolute Gasteiger partial charge is 0.497 e. The Bertz CT molecular complexity index is 473. The molecule has 2 unspecified atom stereocenters. The molecule has 2 rings (SSSR count). The van der Waals surface area contributed by atoms with E-state index in [-0.39, 0.29) is 17.9 Å². The van der Waals surface area contributed by atoms with Crippen molar-refractivity contribution in [1.82, 2.24) is 10.2 Å². The molecule has 5 nitrogen and oxygen atoms in total. The summed E-state index contributed by atoms with van der Waals surface area (Å²) in [7, 11) is 1.63. The van der Waals surface area contributed by atoms with Gasteiger partial charge in [0.05, 0.1) is 19.8 Å². The Balaban J connectivity index is 1.75. The molecule has 2 atom stereocenters. The minimum absolute atomic E-state index is 0.0297. The highest BCUT2D eigenvalue weighted by Crippen LogP contribution is 2.19. The average Bonchev–Trinajstić information content (AvgIpc) is 2.53. The number of nitrogens with zero attached hydrogens (tertiary/aromatic N) is 1. The summed E-state index contributed by atoms with van der Waals surface area (Å²) in [6, 6.07) is 7.67. The molecular formula is C17H26N2O3. The van der Waals surface area contributed by atoms with Gasteiger partial charge in [-0.25, -0.2) is 0 Å². The monoisotopic (exact) mass is 306 g/mol. The number of aliphatic hydroxyl groups excluding tert-OH is 1. The van der Waals surface area contributed by atoms with Crippen LogP contribution in [0, 0.1) is 5.92 Å². The van der Waals surface area contributed by atoms with E-state index in [9.17, 15) is 9.90 Å². The zero-order valence-electron chi connectivity index (χ0n) is 13.4. The van der Waals surface area contributed by atoms with E-state index in [1.165, 1.54) is 0 Å². The normalized spacial score (nSPS) is 20.4. The number of benzene rings is 1. The number of hydrogen-bond donors (Lipinski definition) is 2. The minimum atomic E-state index is -0.301. The molecule has 1 aromatic rings. The summed E-state index contributed by atoms with van der Waals surface area (Å²) in [4.78, 5) is 14.2. The van der Waals surface area contributed by atoms with Crippen LogP contribution in [-0.2, 0) is 11.3 Å². The van der Waals surface area contributed by atoms with Crippen LogP contribution < -0.4 is 10.1 Å². The number of rotatable bonds is 6. The van der Waals surface area contributed by atoms with Crippen LogP contribution in [-0.4, -0.2) is 48.8 Å². The lowest BCUT2D eigenvalue weighted by Crippen LogP contribution is -2.44. The SMILES string of the molecule is COc1ccc(CNC(=O)CN2CCCC(C(C)O)C2)cc1. The fraction of sp³-hybridized carbons (Fsp3) is 0.588. The molecule has 5 heteroatoms. The van der Waals surface area contributed by atoms with Gasteiger partial charge in [0.2, 0.25) is 5.91 Å². The van der Waals surface area contributed by atoms with E-state index < -0.39 is 0 Å². The first kappa shape index (κ1) is 16.8. The third kappa shape index (κ3) is 5.00. The summed E-state index contributed by atoms with van der Waals surface area (Å²) in [6.07, 6.45) is 1.79. The molecule has 1 heterocycles. The van der Waals surface area contributed by atoms with E-state index in [2.05, 4.69) is 10.2 Å². The van der Waals surface area contributed by atoms with E-state index >= 15 is 0 Å². The van der Waals surface area contributed by atoms with Gasteiger partial charge >= 0.3 is 0 Å². The molecule has 0 saturated carbocycles. The van der Waals surface area contributed by atoms with E-state index in [1.807, 2.05) is 31.2 Å². The number of piperidine rings is 1. The Morgan fingerprint density at radius 3 is 2.82 bits per heavy atom. The number of likely N-dealkylation sites (tertiary alicyclic amines) is 1. The molecule has 0 radical (unpaired) electrons. The summed E-state index contributed by atoms with van der Waals surface area (Å²) in [5.41, 5.74) is 1.05. The summed E-state index contributed by atoms with van der Waals surface area (Å²) in [6.45, 7) is 4.49. The predicted octanol–water partition coefficient (Wildman–Crippen LogP) is 1.40. The molecule has 1 aromatic carbocycles. The molecule has 0 aromatic heterocycles. The van der Waals surface area contributed by atoms with Crippen LogP contribution in [0.2, 0.25) is 0 Å². The summed E-state index contributed by atoms with van der Waals surface area (Å²) in [5, 5.41) is 12.6. The third-order valence-electron chi connectivity index (χ3n) is 4.24. The van der Waals surface area contributed by atoms with Crippen molar-refractivity contribution in [3.63, 3.8) is 0 Å². The molecule has 1 fully saturated rings. The highest BCUT2D eigenvalue weighted by molar-refractivity contribution is 5.78. The molecule has 122 valence electrons. The molecule has 2 N–H and O–H groups in total. The summed E-state index contributed by atoms with van der Waals surface area (Å²) in [5.74, 6) is 1.12. The zero-order chi connectivity index (χ0) is 15.9. The maximum absolute atomic E-state index is 12.0. The molecule has 1 saturated heterocycles. The number of hydrogen-bond acceptors (Lipinski definition) is 4. The van der Waals surface area contributed by atoms with Gasteiger partial charge in [0.15, 0.2) is 0 Å². The first-order valence-corrected chi connectivity index (χ1v) is 7.88. The Labute approximate surface area is 132 Å². The number of methoxy groups -OCH3 is 1. The second-order valence-corrected chi connectivity index (χ2v) is 6.00. The Morgan fingerprint density at radius 2 is 2.18 bits per heavy atom. The number of aliphatic hydroxyl groups is 1. The van der Waals surface area contributed by atoms with Gasteiger partial charge in [-0.1, -0.05) is 12.1 Å². The van der Waals surface area contributed by atoms with Crippen molar-refractivity contribution < 1.29 is 14.6 Å². The van der Waals surface area contributed by atoms with Crippen molar-refractivity contribution in [2.45, 2.75) is 32.4 Å². The van der Waals surface area contributed by atoms with Crippen molar-refractivity contribution in [3.05, 3.63) is 29.8 Å². The highest BCUT2D eigenvalue weighted by atomic mass is 16.5. The van der Waals surface area contributed by atoms with Crippen LogP contribution in [0.1, 0.15) is 25.3 Å². The molecule has 22 heavy (non-hydrogen) atoms. The Morgan fingerprint density at radius 1 is 1.45 bits per heavy atom. The molecule has 1 amide bonds. The average molecular weight is 306 g/mol. The topological polar surface area (TPSA) is 61.8 Å². The number of carbonyl (C=O) groups excluding carboxylic acids is 1. The van der Waals surface area contributed by atoms with Gasteiger partial charge in [-0.05, 0) is 49.9 Å². The van der Waals surface area contributed by atoms with E-state index in [1.54, 1.807) is 7.11 Å². The number of nitrogens with one attached hydrogen (secondary N) is 1. The Kier molecular flexibility index (Phi) is 6.21. The number of amides is 1. The van der Waals surface area contributed by atoms with E-state index in [4.69, 9.17) is 4.74 Å². The lowest BCUT2D eigenvalue weighted by Gasteiger charge is -2.33. The van der Waals surface area contributed by atoms with Crippen LogP contribution in [0.3, 0.4) is 0 Å². The molecule has 1 aliphatic heterocycles. The van der Waals surface area contributed by atoms with Crippen LogP contribution >= 0.6 is 0 Å². The van der Waals surface area contributed by atoms with Gasteiger partial charge in [-0.15, -0.1) is 0 Å². The second kappa shape index (κ2) is 8.15. The minimum Gasteiger partial charge on any atom is -0.497 e. The molecule has 0 spiro atoms. The summed E-state index contributed by atoms with van der Waals surface area (Å²) >= 11 is 0. The smallest absolute Gasteiger partial charge is 0.234 e. The van der Waals surface area contributed by atoms with Crippen molar-refractivity contribution in [1.29, 1.82) is 0 Å². The lowest BCUT2D eigenvalue weighted by molar-refractivity contribution is -0.123. The first-order chi connectivity index (χ1) is 10.6. The fourth-order valence-corrected chi connectivity index (χ4v) is 2.83. The van der Waals surface area contributed by atoms with Gasteiger partial charge in [0.1, 0.15) is 5.75 Å². The third-order valence-corrected chi connectivity index (χ3v) is 4.24. The van der Waals surface area contributed by atoms with Crippen molar-refractivity contribution >= 4 is 5.91 Å². The zero-order valence-corrected chi connectivity index (χ0v) is 13.4. The molecule has 1 aliphatic rings. The Hall–Kier alpha value is -1.59. The first-order valence-electron chi connectivity index (χ1n) is 7.88. The van der Waals surface area contributed by atoms with Crippen molar-refractivity contribution in [2.24, 2.45) is 5.92 Å². The van der Waals surface area contributed by atoms with Gasteiger partial charge in [-0.2, -0.15) is 0 Å². The summed E-state index contributed by atoms with van der Waals surface area (Å²) < 4.78 is 5.11.